The first-order valence-electron chi connectivity index (χ1n) is 7.82. The summed E-state index contributed by atoms with van der Waals surface area (Å²) in [5.41, 5.74) is 0. The molecule has 6 nitrogen and oxygen atoms in total. The number of amides is 1. The maximum Gasteiger partial charge on any atom is 0.222 e. The molecule has 21 heavy (non-hydrogen) atoms. The van der Waals surface area contributed by atoms with Gasteiger partial charge in [-0.25, -0.2) is 4.98 Å². The first-order valence-corrected chi connectivity index (χ1v) is 7.82. The van der Waals surface area contributed by atoms with Gasteiger partial charge in [-0.05, 0) is 31.8 Å². The Morgan fingerprint density at radius 3 is 2.62 bits per heavy atom. The van der Waals surface area contributed by atoms with Crippen molar-refractivity contribution in [3.05, 3.63) is 18.6 Å². The van der Waals surface area contributed by atoms with Crippen LogP contribution in [0.15, 0.2) is 18.6 Å². The summed E-state index contributed by atoms with van der Waals surface area (Å²) in [6.45, 7) is 5.38. The van der Waals surface area contributed by atoms with E-state index in [2.05, 4.69) is 20.2 Å². The molecule has 114 valence electrons. The molecule has 0 bridgehead atoms. The summed E-state index contributed by atoms with van der Waals surface area (Å²) in [6, 6.07) is 0. The van der Waals surface area contributed by atoms with Gasteiger partial charge in [0.05, 0.1) is 6.20 Å². The Kier molecular flexibility index (Phi) is 4.65. The third-order valence-electron chi connectivity index (χ3n) is 4.43. The Hall–Kier alpha value is -1.69. The predicted octanol–water partition coefficient (Wildman–Crippen LogP) is 0.515. The zero-order valence-electron chi connectivity index (χ0n) is 12.4. The predicted molar refractivity (Wildman–Crippen MR) is 81.0 cm³/mol. The van der Waals surface area contributed by atoms with Gasteiger partial charge < -0.3 is 15.1 Å². The highest BCUT2D eigenvalue weighted by Crippen LogP contribution is 2.18. The van der Waals surface area contributed by atoms with Gasteiger partial charge in [-0.1, -0.05) is 0 Å². The first kappa shape index (κ1) is 14.3. The molecule has 2 aliphatic heterocycles. The van der Waals surface area contributed by atoms with Crippen molar-refractivity contribution < 1.29 is 4.79 Å². The lowest BCUT2D eigenvalue weighted by Crippen LogP contribution is -2.49. The molecule has 2 fully saturated rings. The van der Waals surface area contributed by atoms with Gasteiger partial charge in [0, 0.05) is 45.0 Å². The molecule has 1 amide bonds. The summed E-state index contributed by atoms with van der Waals surface area (Å²) in [5.74, 6) is 1.79. The molecule has 0 unspecified atom stereocenters. The smallest absolute Gasteiger partial charge is 0.222 e. The highest BCUT2D eigenvalue weighted by molar-refractivity contribution is 5.76. The molecule has 0 spiro atoms. The van der Waals surface area contributed by atoms with E-state index in [0.717, 1.165) is 57.9 Å². The zero-order valence-corrected chi connectivity index (χ0v) is 12.4. The largest absolute Gasteiger partial charge is 0.352 e. The standard InChI is InChI=1S/C15H23N5O/c21-15(11-13-1-3-16-4-2-13)20-9-7-19(8-10-20)14-12-17-5-6-18-14/h5-6,12-13,16H,1-4,7-11H2. The maximum atomic E-state index is 12.4. The number of hydrogen-bond acceptors (Lipinski definition) is 5. The molecule has 3 heterocycles. The van der Waals surface area contributed by atoms with E-state index in [1.54, 1.807) is 18.6 Å². The molecule has 1 aromatic heterocycles. The van der Waals surface area contributed by atoms with Crippen molar-refractivity contribution in [1.29, 1.82) is 0 Å². The lowest BCUT2D eigenvalue weighted by molar-refractivity contribution is -0.132. The van der Waals surface area contributed by atoms with E-state index in [1.807, 2.05) is 4.90 Å². The van der Waals surface area contributed by atoms with Crippen molar-refractivity contribution in [3.63, 3.8) is 0 Å². The van der Waals surface area contributed by atoms with Crippen molar-refractivity contribution >= 4 is 11.7 Å². The van der Waals surface area contributed by atoms with Crippen LogP contribution in [0.1, 0.15) is 19.3 Å². The van der Waals surface area contributed by atoms with E-state index in [1.165, 1.54) is 0 Å². The summed E-state index contributed by atoms with van der Waals surface area (Å²) in [6.07, 6.45) is 8.15. The average Bonchev–Trinajstić information content (AvgIpc) is 2.57. The second-order valence-electron chi connectivity index (χ2n) is 5.83. The lowest BCUT2D eigenvalue weighted by Gasteiger charge is -2.36. The number of aromatic nitrogens is 2. The molecule has 0 saturated carbocycles. The Balaban J connectivity index is 1.47. The number of rotatable bonds is 3. The molecule has 0 aliphatic carbocycles. The van der Waals surface area contributed by atoms with E-state index < -0.39 is 0 Å². The van der Waals surface area contributed by atoms with Gasteiger partial charge in [0.1, 0.15) is 5.82 Å². The molecule has 6 heteroatoms. The van der Waals surface area contributed by atoms with Crippen LogP contribution in [0.2, 0.25) is 0 Å². The average molecular weight is 289 g/mol. The van der Waals surface area contributed by atoms with E-state index in [9.17, 15) is 4.79 Å². The summed E-state index contributed by atoms with van der Waals surface area (Å²) in [5, 5.41) is 3.35. The minimum Gasteiger partial charge on any atom is -0.352 e. The molecule has 1 N–H and O–H groups in total. The summed E-state index contributed by atoms with van der Waals surface area (Å²) in [4.78, 5) is 25.0. The van der Waals surface area contributed by atoms with Crippen molar-refractivity contribution in [2.75, 3.05) is 44.2 Å². The van der Waals surface area contributed by atoms with Gasteiger partial charge in [-0.15, -0.1) is 0 Å². The van der Waals surface area contributed by atoms with Crippen molar-refractivity contribution in [3.8, 4) is 0 Å². The van der Waals surface area contributed by atoms with Crippen molar-refractivity contribution in [1.82, 2.24) is 20.2 Å². The van der Waals surface area contributed by atoms with E-state index >= 15 is 0 Å². The first-order chi connectivity index (χ1) is 10.3. The van der Waals surface area contributed by atoms with Crippen LogP contribution in [0.4, 0.5) is 5.82 Å². The van der Waals surface area contributed by atoms with Crippen LogP contribution in [-0.2, 0) is 4.79 Å². The maximum absolute atomic E-state index is 12.4. The normalized spacial score (nSPS) is 20.6. The van der Waals surface area contributed by atoms with Crippen LogP contribution < -0.4 is 10.2 Å². The molecule has 0 atom stereocenters. The highest BCUT2D eigenvalue weighted by Gasteiger charge is 2.24. The Bertz CT molecular complexity index is 452. The van der Waals surface area contributed by atoms with Gasteiger partial charge in [-0.3, -0.25) is 9.78 Å². The molecular weight excluding hydrogens is 266 g/mol. The van der Waals surface area contributed by atoms with E-state index in [4.69, 9.17) is 0 Å². The zero-order chi connectivity index (χ0) is 14.5. The number of piperidine rings is 1. The Morgan fingerprint density at radius 1 is 1.19 bits per heavy atom. The molecule has 2 aliphatic rings. The molecule has 3 rings (SSSR count). The molecule has 0 aromatic carbocycles. The third-order valence-corrected chi connectivity index (χ3v) is 4.43. The number of anilines is 1. The number of nitrogens with one attached hydrogen (secondary N) is 1. The van der Waals surface area contributed by atoms with Gasteiger partial charge in [0.25, 0.3) is 0 Å². The van der Waals surface area contributed by atoms with Gasteiger partial charge in [-0.2, -0.15) is 0 Å². The second-order valence-corrected chi connectivity index (χ2v) is 5.83. The number of nitrogens with zero attached hydrogens (tertiary/aromatic N) is 4. The van der Waals surface area contributed by atoms with Crippen LogP contribution in [0.5, 0.6) is 0 Å². The molecule has 2 saturated heterocycles. The quantitative estimate of drug-likeness (QED) is 0.879. The summed E-state index contributed by atoms with van der Waals surface area (Å²) in [7, 11) is 0. The van der Waals surface area contributed by atoms with Crippen LogP contribution in [0.3, 0.4) is 0 Å². The number of hydrogen-bond donors (Lipinski definition) is 1. The topological polar surface area (TPSA) is 61.4 Å². The monoisotopic (exact) mass is 289 g/mol. The Morgan fingerprint density at radius 2 is 1.95 bits per heavy atom. The number of carbonyl (C=O) groups is 1. The van der Waals surface area contributed by atoms with Gasteiger partial charge in [0.2, 0.25) is 5.91 Å². The molecule has 1 aromatic rings. The summed E-state index contributed by atoms with van der Waals surface area (Å²) >= 11 is 0. The second kappa shape index (κ2) is 6.85. The fraction of sp³-hybridized carbons (Fsp3) is 0.667. The number of piperazine rings is 1. The van der Waals surface area contributed by atoms with Crippen molar-refractivity contribution in [2.45, 2.75) is 19.3 Å². The van der Waals surface area contributed by atoms with Crippen molar-refractivity contribution in [2.24, 2.45) is 5.92 Å². The highest BCUT2D eigenvalue weighted by atomic mass is 16.2. The van der Waals surface area contributed by atoms with E-state index in [-0.39, 0.29) is 0 Å². The summed E-state index contributed by atoms with van der Waals surface area (Å²) < 4.78 is 0. The number of carbonyl (C=O) groups excluding carboxylic acids is 1. The van der Waals surface area contributed by atoms with Crippen LogP contribution in [-0.4, -0.2) is 60.0 Å². The van der Waals surface area contributed by atoms with Crippen LogP contribution in [0.25, 0.3) is 0 Å². The fourth-order valence-electron chi connectivity index (χ4n) is 3.10. The van der Waals surface area contributed by atoms with Crippen LogP contribution >= 0.6 is 0 Å². The molecule has 0 radical (unpaired) electrons. The third kappa shape index (κ3) is 3.69. The lowest BCUT2D eigenvalue weighted by atomic mass is 9.94. The minimum atomic E-state index is 0.320. The SMILES string of the molecule is O=C(CC1CCNCC1)N1CCN(c2cnccn2)CC1. The molecular formula is C15H23N5O. The Labute approximate surface area is 125 Å². The minimum absolute atomic E-state index is 0.320. The fourth-order valence-corrected chi connectivity index (χ4v) is 3.10. The van der Waals surface area contributed by atoms with E-state index in [0.29, 0.717) is 18.2 Å². The van der Waals surface area contributed by atoms with Gasteiger partial charge >= 0.3 is 0 Å². The van der Waals surface area contributed by atoms with Crippen LogP contribution in [0, 0.1) is 5.92 Å². The van der Waals surface area contributed by atoms with Gasteiger partial charge in [0.15, 0.2) is 0 Å².